The maximum Gasteiger partial charge on any atom is 0.433 e. The van der Waals surface area contributed by atoms with Crippen LogP contribution in [-0.2, 0) is 41.9 Å². The summed E-state index contributed by atoms with van der Waals surface area (Å²) in [5.41, 5.74) is 4.48. The molecule has 1 aliphatic rings. The molecule has 0 unspecified atom stereocenters. The first-order valence-corrected chi connectivity index (χ1v) is 12.4. The fourth-order valence-corrected chi connectivity index (χ4v) is 4.88. The molecule has 0 radical (unpaired) electrons. The van der Waals surface area contributed by atoms with Crippen LogP contribution in [0, 0.1) is 17.5 Å². The van der Waals surface area contributed by atoms with Crippen LogP contribution in [0.1, 0.15) is 44.6 Å². The van der Waals surface area contributed by atoms with Crippen LogP contribution in [0.5, 0.6) is 0 Å². The predicted octanol–water partition coefficient (Wildman–Crippen LogP) is 4.61. The Kier molecular flexibility index (Phi) is 7.73. The van der Waals surface area contributed by atoms with Crippen molar-refractivity contribution in [1.29, 1.82) is 0 Å². The number of hydrogen-bond acceptors (Lipinski definition) is 5. The zero-order chi connectivity index (χ0) is 30.2. The second-order valence-corrected chi connectivity index (χ2v) is 9.52. The number of pyridine rings is 1. The van der Waals surface area contributed by atoms with Gasteiger partial charge in [0.15, 0.2) is 0 Å². The van der Waals surface area contributed by atoms with Gasteiger partial charge in [0.1, 0.15) is 29.7 Å². The molecule has 1 atom stereocenters. The van der Waals surface area contributed by atoms with Crippen molar-refractivity contribution in [3.63, 3.8) is 0 Å². The number of rotatable bonds is 8. The molecule has 1 aliphatic heterocycles. The highest BCUT2D eigenvalue weighted by Gasteiger charge is 2.41. The summed E-state index contributed by atoms with van der Waals surface area (Å²) in [6, 6.07) is 8.20. The largest absolute Gasteiger partial charge is 0.433 e. The quantitative estimate of drug-likeness (QED) is 0.292. The maximum atomic E-state index is 14.2. The molecule has 2 aromatic carbocycles. The first-order chi connectivity index (χ1) is 19.9. The molecule has 42 heavy (non-hydrogen) atoms. The smallest absolute Gasteiger partial charge is 0.370 e. The standard InChI is InChI=1S/C28H21F6N5O3/c29-16-6-14(7-17(30)10-16)8-22(25-18(2-1-5-36-25)15-3-4-21(31)19(9-15)27(35)41)37-24(40)11-39-26(28(32,33)34)20-12-42-13-23(20)38-39/h1-7,9-10,22H,8,11-13H2,(H2,35,41)(H,37,40)/t22-/m0/s1. The lowest BCUT2D eigenvalue weighted by molar-refractivity contribution is -0.146. The van der Waals surface area contributed by atoms with Crippen molar-refractivity contribution in [2.24, 2.45) is 5.73 Å². The van der Waals surface area contributed by atoms with Gasteiger partial charge in [-0.15, -0.1) is 0 Å². The molecule has 3 heterocycles. The fourth-order valence-electron chi connectivity index (χ4n) is 4.88. The van der Waals surface area contributed by atoms with Gasteiger partial charge in [0, 0.05) is 23.4 Å². The van der Waals surface area contributed by atoms with Crippen LogP contribution in [0.3, 0.4) is 0 Å². The van der Waals surface area contributed by atoms with E-state index >= 15 is 0 Å². The van der Waals surface area contributed by atoms with Crippen molar-refractivity contribution < 1.29 is 40.7 Å². The molecule has 14 heteroatoms. The summed E-state index contributed by atoms with van der Waals surface area (Å²) >= 11 is 0. The van der Waals surface area contributed by atoms with Crippen molar-refractivity contribution in [2.75, 3.05) is 0 Å². The Balaban J connectivity index is 1.53. The van der Waals surface area contributed by atoms with E-state index in [4.69, 9.17) is 10.5 Å². The lowest BCUT2D eigenvalue weighted by Crippen LogP contribution is -2.35. The van der Waals surface area contributed by atoms with Gasteiger partial charge in [0.25, 0.3) is 5.91 Å². The topological polar surface area (TPSA) is 112 Å². The molecular formula is C28H21F6N5O3. The van der Waals surface area contributed by atoms with Crippen molar-refractivity contribution in [3.05, 3.63) is 106 Å². The Labute approximate surface area is 234 Å². The maximum absolute atomic E-state index is 14.2. The summed E-state index contributed by atoms with van der Waals surface area (Å²) in [6.07, 6.45) is -3.69. The number of aromatic nitrogens is 3. The second kappa shape index (κ2) is 11.3. The number of alkyl halides is 3. The molecule has 4 aromatic rings. The van der Waals surface area contributed by atoms with Crippen LogP contribution >= 0.6 is 0 Å². The lowest BCUT2D eigenvalue weighted by Gasteiger charge is -2.22. The number of amides is 2. The first kappa shape index (κ1) is 28.8. The van der Waals surface area contributed by atoms with E-state index in [1.165, 1.54) is 24.4 Å². The Morgan fingerprint density at radius 2 is 1.79 bits per heavy atom. The summed E-state index contributed by atoms with van der Waals surface area (Å²) < 4.78 is 89.3. The molecule has 0 saturated carbocycles. The highest BCUT2D eigenvalue weighted by molar-refractivity contribution is 5.94. The minimum Gasteiger partial charge on any atom is -0.370 e. The van der Waals surface area contributed by atoms with E-state index in [9.17, 15) is 35.9 Å². The molecule has 0 fully saturated rings. The highest BCUT2D eigenvalue weighted by atomic mass is 19.4. The van der Waals surface area contributed by atoms with E-state index in [0.717, 1.165) is 18.2 Å². The summed E-state index contributed by atoms with van der Waals surface area (Å²) in [5, 5.41) is 6.50. The van der Waals surface area contributed by atoms with E-state index in [-0.39, 0.29) is 47.7 Å². The first-order valence-electron chi connectivity index (χ1n) is 12.4. The van der Waals surface area contributed by atoms with Gasteiger partial charge in [-0.3, -0.25) is 19.3 Å². The van der Waals surface area contributed by atoms with Gasteiger partial charge in [-0.2, -0.15) is 18.3 Å². The Morgan fingerprint density at radius 1 is 1.05 bits per heavy atom. The van der Waals surface area contributed by atoms with Gasteiger partial charge < -0.3 is 15.8 Å². The number of nitrogens with one attached hydrogen (secondary N) is 1. The third-order valence-electron chi connectivity index (χ3n) is 6.59. The zero-order valence-electron chi connectivity index (χ0n) is 21.5. The van der Waals surface area contributed by atoms with Gasteiger partial charge in [0.2, 0.25) is 5.91 Å². The van der Waals surface area contributed by atoms with Crippen molar-refractivity contribution in [3.8, 4) is 11.1 Å². The number of ether oxygens (including phenoxy) is 1. The molecule has 0 saturated heterocycles. The molecule has 0 bridgehead atoms. The SMILES string of the molecule is NC(=O)c1cc(-c2cccnc2[C@H](Cc2cc(F)cc(F)c2)NC(=O)Cn2nc3c(c2C(F)(F)F)COC3)ccc1F. The van der Waals surface area contributed by atoms with Crippen LogP contribution in [0.2, 0.25) is 0 Å². The molecular weight excluding hydrogens is 568 g/mol. The van der Waals surface area contributed by atoms with Gasteiger partial charge >= 0.3 is 6.18 Å². The molecule has 8 nitrogen and oxygen atoms in total. The number of nitrogens with two attached hydrogens (primary N) is 1. The van der Waals surface area contributed by atoms with Gasteiger partial charge in [-0.25, -0.2) is 13.2 Å². The van der Waals surface area contributed by atoms with E-state index in [1.54, 1.807) is 6.07 Å². The number of carbonyl (C=O) groups excluding carboxylic acids is 2. The van der Waals surface area contributed by atoms with E-state index in [1.807, 2.05) is 0 Å². The molecule has 5 rings (SSSR count). The van der Waals surface area contributed by atoms with E-state index in [0.29, 0.717) is 16.3 Å². The monoisotopic (exact) mass is 589 g/mol. The number of benzene rings is 2. The predicted molar refractivity (Wildman–Crippen MR) is 135 cm³/mol. The molecule has 2 amide bonds. The Bertz CT molecular complexity index is 1670. The third kappa shape index (κ3) is 5.98. The molecule has 0 aliphatic carbocycles. The lowest BCUT2D eigenvalue weighted by atomic mass is 9.94. The Morgan fingerprint density at radius 3 is 2.48 bits per heavy atom. The molecule has 0 spiro atoms. The Hall–Kier alpha value is -4.72. The van der Waals surface area contributed by atoms with Crippen LogP contribution < -0.4 is 11.1 Å². The number of primary amides is 1. The second-order valence-electron chi connectivity index (χ2n) is 9.52. The summed E-state index contributed by atoms with van der Waals surface area (Å²) in [6.45, 7) is -1.27. The average molecular weight is 589 g/mol. The van der Waals surface area contributed by atoms with Crippen molar-refractivity contribution in [2.45, 2.75) is 38.4 Å². The van der Waals surface area contributed by atoms with Crippen molar-refractivity contribution >= 4 is 11.8 Å². The van der Waals surface area contributed by atoms with E-state index < -0.39 is 59.3 Å². The van der Waals surface area contributed by atoms with Crippen LogP contribution in [-0.4, -0.2) is 26.6 Å². The number of halogens is 6. The van der Waals surface area contributed by atoms with Gasteiger partial charge in [0.05, 0.1) is 36.2 Å². The molecule has 218 valence electrons. The third-order valence-corrected chi connectivity index (χ3v) is 6.59. The van der Waals surface area contributed by atoms with E-state index in [2.05, 4.69) is 15.4 Å². The average Bonchev–Trinajstić information content (AvgIpc) is 3.48. The number of carbonyl (C=O) groups is 2. The van der Waals surface area contributed by atoms with Crippen molar-refractivity contribution in [1.82, 2.24) is 20.1 Å². The minimum absolute atomic E-state index is 0.0653. The van der Waals surface area contributed by atoms with Gasteiger partial charge in [-0.1, -0.05) is 12.1 Å². The van der Waals surface area contributed by atoms with Crippen LogP contribution in [0.25, 0.3) is 11.1 Å². The zero-order valence-corrected chi connectivity index (χ0v) is 21.5. The summed E-state index contributed by atoms with van der Waals surface area (Å²) in [7, 11) is 0. The highest BCUT2D eigenvalue weighted by Crippen LogP contribution is 2.36. The van der Waals surface area contributed by atoms with Crippen LogP contribution in [0.4, 0.5) is 26.3 Å². The van der Waals surface area contributed by atoms with Crippen LogP contribution in [0.15, 0.2) is 54.7 Å². The number of nitrogens with zero attached hydrogens (tertiary/aromatic N) is 3. The fraction of sp³-hybridized carbons (Fsp3) is 0.214. The molecule has 3 N–H and O–H groups in total. The summed E-state index contributed by atoms with van der Waals surface area (Å²) in [5.74, 6) is -4.57. The molecule has 2 aromatic heterocycles. The number of hydrogen-bond donors (Lipinski definition) is 2. The normalized spacial score (nSPS) is 13.6. The number of fused-ring (bicyclic) bond motifs is 1. The summed E-state index contributed by atoms with van der Waals surface area (Å²) in [4.78, 5) is 29.3. The minimum atomic E-state index is -4.82. The van der Waals surface area contributed by atoms with Gasteiger partial charge in [-0.05, 0) is 47.9 Å².